The van der Waals surface area contributed by atoms with Crippen molar-refractivity contribution in [1.82, 2.24) is 0 Å². The van der Waals surface area contributed by atoms with Gasteiger partial charge in [0, 0.05) is 6.04 Å². The molecule has 0 aromatic heterocycles. The lowest BCUT2D eigenvalue weighted by Crippen LogP contribution is -2.26. The summed E-state index contributed by atoms with van der Waals surface area (Å²) >= 11 is 0. The Morgan fingerprint density at radius 1 is 1.15 bits per heavy atom. The fourth-order valence-corrected chi connectivity index (χ4v) is 2.01. The van der Waals surface area contributed by atoms with Gasteiger partial charge < -0.3 is 10.8 Å². The van der Waals surface area contributed by atoms with Gasteiger partial charge in [0.25, 0.3) is 0 Å². The van der Waals surface area contributed by atoms with E-state index in [9.17, 15) is 5.11 Å². The minimum atomic E-state index is -0.265. The van der Waals surface area contributed by atoms with Gasteiger partial charge in [-0.25, -0.2) is 0 Å². The molecule has 0 saturated carbocycles. The Hall–Kier alpha value is -0.860. The lowest BCUT2D eigenvalue weighted by Gasteiger charge is -2.09. The number of fused-ring (bicyclic) bond motifs is 1. The van der Waals surface area contributed by atoms with E-state index in [0.717, 1.165) is 12.8 Å². The van der Waals surface area contributed by atoms with Gasteiger partial charge in [0.1, 0.15) is 0 Å². The van der Waals surface area contributed by atoms with Crippen molar-refractivity contribution < 1.29 is 5.11 Å². The molecule has 3 N–H and O–H groups in total. The molecule has 1 unspecified atom stereocenters. The molecule has 1 aliphatic rings. The van der Waals surface area contributed by atoms with Crippen molar-refractivity contribution >= 4 is 0 Å². The number of rotatable bonds is 0. The topological polar surface area (TPSA) is 46.2 Å². The zero-order chi connectivity index (χ0) is 9.26. The van der Waals surface area contributed by atoms with Crippen LogP contribution < -0.4 is 5.73 Å². The SMILES string of the molecule is NC1Cc2ccccc2C[C@H](O)C1. The third-order valence-electron chi connectivity index (χ3n) is 2.63. The van der Waals surface area contributed by atoms with Crippen molar-refractivity contribution in [2.75, 3.05) is 0 Å². The average molecular weight is 177 g/mol. The van der Waals surface area contributed by atoms with E-state index in [-0.39, 0.29) is 12.1 Å². The van der Waals surface area contributed by atoms with E-state index >= 15 is 0 Å². The molecule has 0 radical (unpaired) electrons. The van der Waals surface area contributed by atoms with Crippen molar-refractivity contribution in [3.63, 3.8) is 0 Å². The standard InChI is InChI=1S/C11H15NO/c12-10-5-8-3-1-2-4-9(8)6-11(13)7-10/h1-4,10-11,13H,5-7,12H2/t10?,11-/m0/s1. The zero-order valence-corrected chi connectivity index (χ0v) is 7.61. The van der Waals surface area contributed by atoms with E-state index < -0.39 is 0 Å². The van der Waals surface area contributed by atoms with E-state index in [1.807, 2.05) is 12.1 Å². The highest BCUT2D eigenvalue weighted by molar-refractivity contribution is 5.29. The number of nitrogens with two attached hydrogens (primary N) is 1. The van der Waals surface area contributed by atoms with E-state index in [0.29, 0.717) is 6.42 Å². The van der Waals surface area contributed by atoms with Gasteiger partial charge in [0.15, 0.2) is 0 Å². The first-order valence-corrected chi connectivity index (χ1v) is 4.76. The van der Waals surface area contributed by atoms with E-state index in [1.54, 1.807) is 0 Å². The largest absolute Gasteiger partial charge is 0.393 e. The van der Waals surface area contributed by atoms with Crippen LogP contribution in [0.4, 0.5) is 0 Å². The molecule has 1 aromatic carbocycles. The predicted octanol–water partition coefficient (Wildman–Crippen LogP) is 0.863. The highest BCUT2D eigenvalue weighted by Gasteiger charge is 2.18. The molecule has 0 amide bonds. The molecule has 13 heavy (non-hydrogen) atoms. The quantitative estimate of drug-likeness (QED) is 0.577. The Kier molecular flexibility index (Phi) is 2.34. The third kappa shape index (κ3) is 1.90. The number of hydrogen-bond acceptors (Lipinski definition) is 2. The number of aliphatic hydroxyl groups is 1. The van der Waals surface area contributed by atoms with Crippen LogP contribution in [0.1, 0.15) is 17.5 Å². The molecule has 2 rings (SSSR count). The summed E-state index contributed by atoms with van der Waals surface area (Å²) in [7, 11) is 0. The van der Waals surface area contributed by atoms with Gasteiger partial charge in [-0.2, -0.15) is 0 Å². The van der Waals surface area contributed by atoms with Crippen molar-refractivity contribution in [2.45, 2.75) is 31.4 Å². The molecule has 2 heteroatoms. The second-order valence-electron chi connectivity index (χ2n) is 3.83. The van der Waals surface area contributed by atoms with Crippen LogP contribution in [0.15, 0.2) is 24.3 Å². The van der Waals surface area contributed by atoms with E-state index in [4.69, 9.17) is 5.73 Å². The molecule has 1 aliphatic carbocycles. The second kappa shape index (κ2) is 3.48. The van der Waals surface area contributed by atoms with Crippen LogP contribution in [0.2, 0.25) is 0 Å². The van der Waals surface area contributed by atoms with Crippen LogP contribution in [-0.4, -0.2) is 17.3 Å². The first-order chi connectivity index (χ1) is 6.25. The lowest BCUT2D eigenvalue weighted by atomic mass is 10.0. The van der Waals surface area contributed by atoms with Crippen molar-refractivity contribution in [3.05, 3.63) is 35.4 Å². The first kappa shape index (κ1) is 8.73. The van der Waals surface area contributed by atoms with Crippen molar-refractivity contribution in [1.29, 1.82) is 0 Å². The van der Waals surface area contributed by atoms with Crippen molar-refractivity contribution in [3.8, 4) is 0 Å². The fraction of sp³-hybridized carbons (Fsp3) is 0.455. The summed E-state index contributed by atoms with van der Waals surface area (Å²) in [6, 6.07) is 8.34. The molecule has 0 fully saturated rings. The summed E-state index contributed by atoms with van der Waals surface area (Å²) in [5.41, 5.74) is 8.43. The van der Waals surface area contributed by atoms with Crippen LogP contribution in [0.5, 0.6) is 0 Å². The Morgan fingerprint density at radius 2 is 1.77 bits per heavy atom. The molecular formula is C11H15NO. The maximum absolute atomic E-state index is 9.63. The molecule has 70 valence electrons. The van der Waals surface area contributed by atoms with Crippen LogP contribution in [0.25, 0.3) is 0 Å². The highest BCUT2D eigenvalue weighted by atomic mass is 16.3. The maximum Gasteiger partial charge on any atom is 0.0595 e. The van der Waals surface area contributed by atoms with Gasteiger partial charge in [-0.15, -0.1) is 0 Å². The maximum atomic E-state index is 9.63. The first-order valence-electron chi connectivity index (χ1n) is 4.76. The molecule has 2 nitrogen and oxygen atoms in total. The summed E-state index contributed by atoms with van der Waals surface area (Å²) in [5, 5.41) is 9.63. The average Bonchev–Trinajstić information content (AvgIpc) is 2.20. The Labute approximate surface area is 78.4 Å². The summed E-state index contributed by atoms with van der Waals surface area (Å²) in [6.45, 7) is 0. The summed E-state index contributed by atoms with van der Waals surface area (Å²) in [4.78, 5) is 0. The van der Waals surface area contributed by atoms with Gasteiger partial charge in [-0.05, 0) is 30.4 Å². The summed E-state index contributed by atoms with van der Waals surface area (Å²) in [6.07, 6.45) is 2.10. The van der Waals surface area contributed by atoms with Gasteiger partial charge in [0.2, 0.25) is 0 Å². The normalized spacial score (nSPS) is 27.8. The number of benzene rings is 1. The smallest absolute Gasteiger partial charge is 0.0595 e. The lowest BCUT2D eigenvalue weighted by molar-refractivity contribution is 0.159. The van der Waals surface area contributed by atoms with Crippen LogP contribution in [-0.2, 0) is 12.8 Å². The molecule has 1 aromatic rings. The van der Waals surface area contributed by atoms with Crippen LogP contribution >= 0.6 is 0 Å². The summed E-state index contributed by atoms with van der Waals surface area (Å²) < 4.78 is 0. The Morgan fingerprint density at radius 3 is 2.46 bits per heavy atom. The van der Waals surface area contributed by atoms with Crippen LogP contribution in [0, 0.1) is 0 Å². The molecule has 0 bridgehead atoms. The minimum Gasteiger partial charge on any atom is -0.393 e. The molecule has 2 atom stereocenters. The number of hydrogen-bond donors (Lipinski definition) is 2. The van der Waals surface area contributed by atoms with Gasteiger partial charge in [-0.1, -0.05) is 24.3 Å². The van der Waals surface area contributed by atoms with E-state index in [1.165, 1.54) is 11.1 Å². The molecule has 0 spiro atoms. The van der Waals surface area contributed by atoms with Gasteiger partial charge >= 0.3 is 0 Å². The summed E-state index contributed by atoms with van der Waals surface area (Å²) in [5.74, 6) is 0. The molecule has 0 saturated heterocycles. The second-order valence-corrected chi connectivity index (χ2v) is 3.83. The van der Waals surface area contributed by atoms with Crippen molar-refractivity contribution in [2.24, 2.45) is 5.73 Å². The van der Waals surface area contributed by atoms with Gasteiger partial charge in [0.05, 0.1) is 6.10 Å². The molecule has 0 aliphatic heterocycles. The number of aliphatic hydroxyl groups excluding tert-OH is 1. The molecular weight excluding hydrogens is 162 g/mol. The predicted molar refractivity (Wildman–Crippen MR) is 52.4 cm³/mol. The fourth-order valence-electron chi connectivity index (χ4n) is 2.01. The van der Waals surface area contributed by atoms with E-state index in [2.05, 4.69) is 12.1 Å². The monoisotopic (exact) mass is 177 g/mol. The Balaban J connectivity index is 2.32. The zero-order valence-electron chi connectivity index (χ0n) is 7.61. The van der Waals surface area contributed by atoms with Crippen LogP contribution in [0.3, 0.4) is 0 Å². The third-order valence-corrected chi connectivity index (χ3v) is 2.63. The van der Waals surface area contributed by atoms with Gasteiger partial charge in [-0.3, -0.25) is 0 Å². The Bertz CT molecular complexity index is 269. The highest BCUT2D eigenvalue weighted by Crippen LogP contribution is 2.19. The minimum absolute atomic E-state index is 0.110. The molecule has 0 heterocycles.